The van der Waals surface area contributed by atoms with Crippen molar-refractivity contribution >= 4 is 29.2 Å². The van der Waals surface area contributed by atoms with E-state index >= 15 is 0 Å². The van der Waals surface area contributed by atoms with Crippen LogP contribution < -0.4 is 4.74 Å². The maximum atomic E-state index is 11.2. The predicted octanol–water partition coefficient (Wildman–Crippen LogP) is 7.52. The van der Waals surface area contributed by atoms with Gasteiger partial charge in [-0.15, -0.1) is 0 Å². The number of hydrogen-bond donors (Lipinski definition) is 0. The molecule has 0 unspecified atom stereocenters. The molecule has 2 aliphatic rings. The van der Waals surface area contributed by atoms with Crippen molar-refractivity contribution < 1.29 is 9.66 Å². The van der Waals surface area contributed by atoms with E-state index < -0.39 is 4.92 Å². The van der Waals surface area contributed by atoms with Crippen LogP contribution in [-0.2, 0) is 6.42 Å². The minimum atomic E-state index is -0.456. The molecular formula is C26H31ClN2O3. The Labute approximate surface area is 195 Å². The number of hydrogen-bond acceptors (Lipinski definition) is 4. The zero-order valence-electron chi connectivity index (χ0n) is 19.0. The van der Waals surface area contributed by atoms with Crippen LogP contribution in [0.2, 0.25) is 5.02 Å². The van der Waals surface area contributed by atoms with Crippen LogP contribution in [0, 0.1) is 27.4 Å². The number of nitro benzene ring substituents is 1. The third kappa shape index (κ3) is 4.27. The lowest BCUT2D eigenvalue weighted by atomic mass is 9.54. The maximum absolute atomic E-state index is 11.2. The minimum absolute atomic E-state index is 0.0322. The zero-order valence-corrected chi connectivity index (χ0v) is 19.8. The van der Waals surface area contributed by atoms with Crippen molar-refractivity contribution in [2.24, 2.45) is 22.2 Å². The smallest absolute Gasteiger partial charge is 0.290 e. The summed E-state index contributed by atoms with van der Waals surface area (Å²) < 4.78 is 5.45. The van der Waals surface area contributed by atoms with Gasteiger partial charge in [0.25, 0.3) is 5.69 Å². The highest BCUT2D eigenvalue weighted by molar-refractivity contribution is 6.32. The zero-order chi connectivity index (χ0) is 22.9. The molecule has 0 heterocycles. The van der Waals surface area contributed by atoms with Gasteiger partial charge in [-0.3, -0.25) is 15.1 Å². The summed E-state index contributed by atoms with van der Waals surface area (Å²) >= 11 is 5.97. The Balaban J connectivity index is 1.62. The first-order chi connectivity index (χ1) is 15.4. The molecule has 2 aromatic rings. The molecule has 0 spiro atoms. The van der Waals surface area contributed by atoms with Gasteiger partial charge in [0.1, 0.15) is 10.8 Å². The van der Waals surface area contributed by atoms with E-state index in [1.54, 1.807) is 19.2 Å². The molecule has 1 fully saturated rings. The van der Waals surface area contributed by atoms with E-state index in [9.17, 15) is 10.1 Å². The van der Waals surface area contributed by atoms with E-state index in [-0.39, 0.29) is 16.1 Å². The third-order valence-electron chi connectivity index (χ3n) is 7.61. The fourth-order valence-electron chi connectivity index (χ4n) is 5.99. The van der Waals surface area contributed by atoms with Gasteiger partial charge in [-0.05, 0) is 85.3 Å². The standard InChI is InChI=1S/C26H31ClN2O3/c1-4-5-23-22-9-6-17-14-19(32-3)8-10-20(17)21(22)12-13-26(23,2)16-28-18-7-11-24(27)25(15-18)29(30)31/h7-8,10-11,14-16,21-23H,4-6,9,12-13H2,1-3H3/t21-,22-,23+,26-/m1/s1. The Kier molecular flexibility index (Phi) is 6.57. The number of nitro groups is 1. The summed E-state index contributed by atoms with van der Waals surface area (Å²) in [6.45, 7) is 4.58. The van der Waals surface area contributed by atoms with E-state index in [0.29, 0.717) is 23.4 Å². The van der Waals surface area contributed by atoms with Gasteiger partial charge in [-0.25, -0.2) is 0 Å². The topological polar surface area (TPSA) is 64.7 Å². The van der Waals surface area contributed by atoms with Crippen LogP contribution in [0.1, 0.15) is 63.0 Å². The summed E-state index contributed by atoms with van der Waals surface area (Å²) in [7, 11) is 1.73. The molecule has 4 atom stereocenters. The van der Waals surface area contributed by atoms with E-state index in [2.05, 4.69) is 38.3 Å². The van der Waals surface area contributed by atoms with E-state index in [1.165, 1.54) is 23.6 Å². The Morgan fingerprint density at radius 3 is 2.81 bits per heavy atom. The molecule has 1 saturated carbocycles. The summed E-state index contributed by atoms with van der Waals surface area (Å²) in [4.78, 5) is 15.5. The number of ether oxygens (including phenoxy) is 1. The summed E-state index contributed by atoms with van der Waals surface area (Å²) in [6, 6.07) is 11.4. The molecule has 0 N–H and O–H groups in total. The second-order valence-electron chi connectivity index (χ2n) is 9.46. The normalized spacial score (nSPS) is 27.1. The lowest BCUT2D eigenvalue weighted by molar-refractivity contribution is -0.384. The van der Waals surface area contributed by atoms with Crippen LogP contribution >= 0.6 is 11.6 Å². The lowest BCUT2D eigenvalue weighted by Gasteiger charge is -2.50. The number of fused-ring (bicyclic) bond motifs is 3. The summed E-state index contributed by atoms with van der Waals surface area (Å²) in [5.41, 5.74) is 3.39. The molecule has 4 rings (SSSR count). The van der Waals surface area contributed by atoms with Gasteiger partial charge >= 0.3 is 0 Å². The monoisotopic (exact) mass is 454 g/mol. The van der Waals surface area contributed by atoms with Gasteiger partial charge in [-0.2, -0.15) is 0 Å². The van der Waals surface area contributed by atoms with Crippen LogP contribution in [0.25, 0.3) is 0 Å². The number of aryl methyl sites for hydroxylation is 1. The van der Waals surface area contributed by atoms with Gasteiger partial charge in [-0.1, -0.05) is 37.9 Å². The van der Waals surface area contributed by atoms with Crippen LogP contribution in [0.4, 0.5) is 11.4 Å². The molecule has 32 heavy (non-hydrogen) atoms. The lowest BCUT2D eigenvalue weighted by Crippen LogP contribution is -2.43. The second-order valence-corrected chi connectivity index (χ2v) is 9.87. The molecule has 0 amide bonds. The van der Waals surface area contributed by atoms with Crippen molar-refractivity contribution in [3.05, 3.63) is 62.7 Å². The van der Waals surface area contributed by atoms with Gasteiger partial charge in [0.15, 0.2) is 0 Å². The number of nitrogens with zero attached hydrogens (tertiary/aromatic N) is 2. The van der Waals surface area contributed by atoms with Crippen LogP contribution in [0.5, 0.6) is 5.75 Å². The predicted molar refractivity (Wildman–Crippen MR) is 130 cm³/mol. The SMILES string of the molecule is CCC[C@H]1[C@@H]2CCc3cc(OC)ccc3[C@H]2CC[C@]1(C)C=Nc1ccc(Cl)c([N+](=O)[O-])c1. The van der Waals surface area contributed by atoms with Gasteiger partial charge in [0.05, 0.1) is 17.7 Å². The first-order valence-electron chi connectivity index (χ1n) is 11.5. The summed E-state index contributed by atoms with van der Waals surface area (Å²) in [6.07, 6.45) is 8.84. The maximum Gasteiger partial charge on any atom is 0.290 e. The highest BCUT2D eigenvalue weighted by Crippen LogP contribution is 2.55. The number of rotatable bonds is 6. The van der Waals surface area contributed by atoms with Crippen LogP contribution in [0.3, 0.4) is 0 Å². The van der Waals surface area contributed by atoms with Crippen LogP contribution in [0.15, 0.2) is 41.4 Å². The number of methoxy groups -OCH3 is 1. The molecule has 6 heteroatoms. The number of halogens is 1. The summed E-state index contributed by atoms with van der Waals surface area (Å²) in [5, 5.41) is 11.4. The van der Waals surface area contributed by atoms with Gasteiger partial charge < -0.3 is 4.74 Å². The molecular weight excluding hydrogens is 424 g/mol. The number of benzene rings is 2. The quantitative estimate of drug-likeness (QED) is 0.257. The third-order valence-corrected chi connectivity index (χ3v) is 7.93. The highest BCUT2D eigenvalue weighted by Gasteiger charge is 2.47. The number of aliphatic imine (C=N–C) groups is 1. The van der Waals surface area contributed by atoms with Gasteiger partial charge in [0, 0.05) is 17.7 Å². The Hall–Kier alpha value is -2.40. The molecule has 0 radical (unpaired) electrons. The average Bonchev–Trinajstić information content (AvgIpc) is 2.79. The molecule has 0 saturated heterocycles. The van der Waals surface area contributed by atoms with Crippen molar-refractivity contribution in [2.75, 3.05) is 7.11 Å². The largest absolute Gasteiger partial charge is 0.497 e. The Morgan fingerprint density at radius 2 is 2.09 bits per heavy atom. The molecule has 0 aromatic heterocycles. The molecule has 0 bridgehead atoms. The fraction of sp³-hybridized carbons (Fsp3) is 0.500. The van der Waals surface area contributed by atoms with E-state index in [4.69, 9.17) is 21.3 Å². The highest BCUT2D eigenvalue weighted by atomic mass is 35.5. The molecule has 5 nitrogen and oxygen atoms in total. The summed E-state index contributed by atoms with van der Waals surface area (Å²) in [5.74, 6) is 2.68. The van der Waals surface area contributed by atoms with Crippen molar-refractivity contribution in [1.82, 2.24) is 0 Å². The fourth-order valence-corrected chi connectivity index (χ4v) is 6.18. The van der Waals surface area contributed by atoms with E-state index in [0.717, 1.165) is 37.9 Å². The Morgan fingerprint density at radius 1 is 1.28 bits per heavy atom. The van der Waals surface area contributed by atoms with Crippen molar-refractivity contribution in [3.63, 3.8) is 0 Å². The second kappa shape index (κ2) is 9.22. The minimum Gasteiger partial charge on any atom is -0.497 e. The molecule has 2 aliphatic carbocycles. The molecule has 170 valence electrons. The van der Waals surface area contributed by atoms with Crippen molar-refractivity contribution in [3.8, 4) is 5.75 Å². The van der Waals surface area contributed by atoms with Crippen molar-refractivity contribution in [2.45, 2.75) is 58.3 Å². The first-order valence-corrected chi connectivity index (χ1v) is 11.9. The molecule has 2 aromatic carbocycles. The van der Waals surface area contributed by atoms with Gasteiger partial charge in [0.2, 0.25) is 0 Å². The molecule has 0 aliphatic heterocycles. The van der Waals surface area contributed by atoms with Crippen LogP contribution in [-0.4, -0.2) is 18.2 Å². The first kappa shape index (κ1) is 22.8. The van der Waals surface area contributed by atoms with E-state index in [1.807, 2.05) is 0 Å². The van der Waals surface area contributed by atoms with Crippen molar-refractivity contribution in [1.29, 1.82) is 0 Å². The average molecular weight is 455 g/mol. The Bertz CT molecular complexity index is 1040.